The van der Waals surface area contributed by atoms with Gasteiger partial charge in [0.1, 0.15) is 0 Å². The van der Waals surface area contributed by atoms with E-state index in [1.807, 2.05) is 11.8 Å². The average molecular weight is 204 g/mol. The van der Waals surface area contributed by atoms with Crippen molar-refractivity contribution >= 4 is 0 Å². The Kier molecular flexibility index (Phi) is 3.74. The van der Waals surface area contributed by atoms with Gasteiger partial charge in [0.05, 0.1) is 0 Å². The van der Waals surface area contributed by atoms with Gasteiger partial charge in [-0.25, -0.2) is 0 Å². The summed E-state index contributed by atoms with van der Waals surface area (Å²) in [6.07, 6.45) is 15.6. The molecular weight excluding hydrogens is 180 g/mol. The van der Waals surface area contributed by atoms with E-state index in [9.17, 15) is 0 Å². The van der Waals surface area contributed by atoms with Crippen LogP contribution in [0, 0.1) is 30.1 Å². The third-order valence-electron chi connectivity index (χ3n) is 4.37. The van der Waals surface area contributed by atoms with E-state index in [0.717, 1.165) is 0 Å². The van der Waals surface area contributed by atoms with Crippen LogP contribution in [0.15, 0.2) is 0 Å². The second-order valence-electron chi connectivity index (χ2n) is 5.56. The molecule has 2 saturated carbocycles. The van der Waals surface area contributed by atoms with Crippen molar-refractivity contribution in [3.05, 3.63) is 24.7 Å². The minimum atomic E-state index is 0.433. The molecule has 2 aliphatic rings. The Morgan fingerprint density at radius 1 is 0.733 bits per heavy atom. The third-order valence-corrected chi connectivity index (χ3v) is 4.37. The van der Waals surface area contributed by atoms with E-state index in [0.29, 0.717) is 5.41 Å². The molecule has 0 aromatic heterocycles. The maximum absolute atomic E-state index is 2.47. The van der Waals surface area contributed by atoms with Crippen LogP contribution in [0.1, 0.15) is 65.2 Å². The van der Waals surface area contributed by atoms with Gasteiger partial charge < -0.3 is 0 Å². The summed E-state index contributed by atoms with van der Waals surface area (Å²) in [5, 5.41) is 0. The Morgan fingerprint density at radius 2 is 1.07 bits per heavy atom. The molecule has 15 heavy (non-hydrogen) atoms. The highest BCUT2D eigenvalue weighted by Crippen LogP contribution is 2.50. The van der Waals surface area contributed by atoms with Crippen molar-refractivity contribution < 1.29 is 0 Å². The normalized spacial score (nSPS) is 26.8. The molecule has 0 heterocycles. The Morgan fingerprint density at radius 3 is 1.40 bits per heavy atom. The minimum absolute atomic E-state index is 0.433. The van der Waals surface area contributed by atoms with Crippen LogP contribution in [0.25, 0.3) is 0 Å². The van der Waals surface area contributed by atoms with Gasteiger partial charge in [-0.2, -0.15) is 0 Å². The highest BCUT2D eigenvalue weighted by Gasteiger charge is 2.38. The zero-order chi connectivity index (χ0) is 10.7. The Balaban J connectivity index is 1.96. The van der Waals surface area contributed by atoms with Gasteiger partial charge in [-0.3, -0.25) is 0 Å². The molecular formula is C15H24. The number of hydrogen-bond acceptors (Lipinski definition) is 0. The molecule has 0 amide bonds. The molecule has 84 valence electrons. The van der Waals surface area contributed by atoms with E-state index in [1.165, 1.54) is 51.4 Å². The summed E-state index contributed by atoms with van der Waals surface area (Å²) < 4.78 is 0. The van der Waals surface area contributed by atoms with Gasteiger partial charge in [0.25, 0.3) is 0 Å². The predicted molar refractivity (Wildman–Crippen MR) is 65.8 cm³/mol. The second kappa shape index (κ2) is 4.89. The number of rotatable bonds is 2. The van der Waals surface area contributed by atoms with Crippen molar-refractivity contribution in [2.45, 2.75) is 65.2 Å². The number of hydrogen-bond donors (Lipinski definition) is 0. The molecule has 0 N–H and O–H groups in total. The van der Waals surface area contributed by atoms with Gasteiger partial charge in [0, 0.05) is 0 Å². The molecule has 0 atom stereocenters. The predicted octanol–water partition coefficient (Wildman–Crippen LogP) is 4.72. The molecule has 2 fully saturated rings. The summed E-state index contributed by atoms with van der Waals surface area (Å²) in [7, 11) is 0. The van der Waals surface area contributed by atoms with Crippen LogP contribution in [0.3, 0.4) is 0 Å². The van der Waals surface area contributed by atoms with Crippen LogP contribution < -0.4 is 0 Å². The summed E-state index contributed by atoms with van der Waals surface area (Å²) in [4.78, 5) is 0. The summed E-state index contributed by atoms with van der Waals surface area (Å²) in [6, 6.07) is 0. The molecule has 0 nitrogen and oxygen atoms in total. The summed E-state index contributed by atoms with van der Waals surface area (Å²) in [5.41, 5.74) is 0.433. The molecule has 2 aliphatic carbocycles. The highest BCUT2D eigenvalue weighted by atomic mass is 14.4. The SMILES string of the molecule is CC(C)([C]1CC[CH]CC1)[C]1CC[CH]CC1. The molecule has 0 spiro atoms. The fourth-order valence-corrected chi connectivity index (χ4v) is 3.14. The molecule has 0 unspecified atom stereocenters. The lowest BCUT2D eigenvalue weighted by atomic mass is 9.61. The fraction of sp³-hybridized carbons (Fsp3) is 0.733. The van der Waals surface area contributed by atoms with Gasteiger partial charge in [0.2, 0.25) is 0 Å². The zero-order valence-electron chi connectivity index (χ0n) is 10.3. The van der Waals surface area contributed by atoms with Crippen LogP contribution in [0.5, 0.6) is 0 Å². The topological polar surface area (TPSA) is 0 Å². The first-order valence-electron chi connectivity index (χ1n) is 6.55. The van der Waals surface area contributed by atoms with Gasteiger partial charge in [-0.1, -0.05) is 13.8 Å². The van der Waals surface area contributed by atoms with Crippen molar-refractivity contribution in [1.82, 2.24) is 0 Å². The minimum Gasteiger partial charge on any atom is -0.0588 e. The van der Waals surface area contributed by atoms with E-state index < -0.39 is 0 Å². The van der Waals surface area contributed by atoms with E-state index in [2.05, 4.69) is 26.7 Å². The Labute approximate surface area is 95.8 Å². The lowest BCUT2D eigenvalue weighted by molar-refractivity contribution is 0.306. The van der Waals surface area contributed by atoms with Gasteiger partial charge >= 0.3 is 0 Å². The molecule has 0 aliphatic heterocycles. The van der Waals surface area contributed by atoms with E-state index in [4.69, 9.17) is 0 Å². The lowest BCUT2D eigenvalue weighted by Gasteiger charge is -2.43. The van der Waals surface area contributed by atoms with Crippen LogP contribution >= 0.6 is 0 Å². The standard InChI is InChI=1S/C15H24/c1-15(2,13-9-5-3-6-10-13)14-11-7-4-8-12-14/h3-4H,5-12H2,1-2H3. The van der Waals surface area contributed by atoms with Gasteiger partial charge in [0.15, 0.2) is 0 Å². The maximum atomic E-state index is 2.47. The molecule has 4 radical (unpaired) electrons. The third kappa shape index (κ3) is 2.57. The van der Waals surface area contributed by atoms with Crippen molar-refractivity contribution in [1.29, 1.82) is 0 Å². The van der Waals surface area contributed by atoms with Gasteiger partial charge in [-0.15, -0.1) is 0 Å². The summed E-state index contributed by atoms with van der Waals surface area (Å²) in [5.74, 6) is 3.64. The largest absolute Gasteiger partial charge is 0.0588 e. The van der Waals surface area contributed by atoms with Crippen LogP contribution in [0.4, 0.5) is 0 Å². The van der Waals surface area contributed by atoms with Crippen molar-refractivity contribution in [3.8, 4) is 0 Å². The van der Waals surface area contributed by atoms with E-state index >= 15 is 0 Å². The first kappa shape index (κ1) is 11.5. The monoisotopic (exact) mass is 204 g/mol. The van der Waals surface area contributed by atoms with Crippen molar-refractivity contribution in [2.75, 3.05) is 0 Å². The van der Waals surface area contributed by atoms with Crippen molar-refractivity contribution in [2.24, 2.45) is 5.41 Å². The lowest BCUT2D eigenvalue weighted by Crippen LogP contribution is -2.32. The molecule has 0 aromatic carbocycles. The van der Waals surface area contributed by atoms with Gasteiger partial charge in [-0.05, 0) is 81.5 Å². The summed E-state index contributed by atoms with van der Waals surface area (Å²) >= 11 is 0. The molecule has 0 aromatic rings. The maximum Gasteiger partial charge on any atom is -0.0179 e. The molecule has 0 saturated heterocycles. The first-order chi connectivity index (χ1) is 7.21. The van der Waals surface area contributed by atoms with Crippen LogP contribution in [-0.4, -0.2) is 0 Å². The molecule has 0 heteroatoms. The molecule has 2 rings (SSSR count). The molecule has 0 bridgehead atoms. The Bertz CT molecular complexity index is 160. The first-order valence-corrected chi connectivity index (χ1v) is 6.55. The average Bonchev–Trinajstić information content (AvgIpc) is 2.31. The quantitative estimate of drug-likeness (QED) is 0.610. The van der Waals surface area contributed by atoms with Crippen LogP contribution in [0.2, 0.25) is 0 Å². The van der Waals surface area contributed by atoms with E-state index in [-0.39, 0.29) is 0 Å². The zero-order valence-corrected chi connectivity index (χ0v) is 10.3. The van der Waals surface area contributed by atoms with E-state index in [1.54, 1.807) is 0 Å². The Hall–Kier alpha value is 0. The highest BCUT2D eigenvalue weighted by molar-refractivity contribution is 5.20. The second-order valence-corrected chi connectivity index (χ2v) is 5.56. The smallest absolute Gasteiger partial charge is 0.0179 e. The fourth-order valence-electron chi connectivity index (χ4n) is 3.14. The van der Waals surface area contributed by atoms with Crippen LogP contribution in [-0.2, 0) is 0 Å². The summed E-state index contributed by atoms with van der Waals surface area (Å²) in [6.45, 7) is 4.93. The van der Waals surface area contributed by atoms with Crippen molar-refractivity contribution in [3.63, 3.8) is 0 Å².